The SMILES string of the molecule is COc1ccc(C(C)=NNC(=O)c2cncc(Br)c2)cc1OC. The van der Waals surface area contributed by atoms with Crippen molar-refractivity contribution in [3.05, 3.63) is 52.3 Å². The van der Waals surface area contributed by atoms with Gasteiger partial charge in [-0.2, -0.15) is 5.10 Å². The Labute approximate surface area is 142 Å². The number of carbonyl (C=O) groups is 1. The topological polar surface area (TPSA) is 72.8 Å². The normalized spacial score (nSPS) is 11.0. The van der Waals surface area contributed by atoms with E-state index in [1.807, 2.05) is 6.07 Å². The first-order valence-electron chi connectivity index (χ1n) is 6.72. The largest absolute Gasteiger partial charge is 0.493 e. The van der Waals surface area contributed by atoms with Gasteiger partial charge in [0.25, 0.3) is 5.91 Å². The lowest BCUT2D eigenvalue weighted by Crippen LogP contribution is -2.19. The fraction of sp³-hybridized carbons (Fsp3) is 0.188. The van der Waals surface area contributed by atoms with Crippen LogP contribution in [0.1, 0.15) is 22.8 Å². The number of nitrogens with one attached hydrogen (secondary N) is 1. The van der Waals surface area contributed by atoms with E-state index in [4.69, 9.17) is 9.47 Å². The van der Waals surface area contributed by atoms with Gasteiger partial charge in [0.1, 0.15) is 0 Å². The van der Waals surface area contributed by atoms with E-state index in [0.717, 1.165) is 10.0 Å². The molecule has 0 fully saturated rings. The molecule has 2 rings (SSSR count). The van der Waals surface area contributed by atoms with E-state index in [2.05, 4.69) is 31.4 Å². The zero-order valence-corrected chi connectivity index (χ0v) is 14.5. The van der Waals surface area contributed by atoms with Crippen molar-refractivity contribution in [3.8, 4) is 11.5 Å². The van der Waals surface area contributed by atoms with Gasteiger partial charge in [0, 0.05) is 22.4 Å². The lowest BCUT2D eigenvalue weighted by atomic mass is 10.1. The number of hydrogen-bond acceptors (Lipinski definition) is 5. The average molecular weight is 378 g/mol. The highest BCUT2D eigenvalue weighted by molar-refractivity contribution is 9.10. The number of hydrazone groups is 1. The Balaban J connectivity index is 2.15. The Morgan fingerprint density at radius 1 is 1.13 bits per heavy atom. The van der Waals surface area contributed by atoms with Crippen LogP contribution in [0.5, 0.6) is 11.5 Å². The summed E-state index contributed by atoms with van der Waals surface area (Å²) in [5.41, 5.74) is 4.38. The second-order valence-corrected chi connectivity index (χ2v) is 5.52. The van der Waals surface area contributed by atoms with Gasteiger partial charge in [-0.15, -0.1) is 0 Å². The monoisotopic (exact) mass is 377 g/mol. The molecule has 0 unspecified atom stereocenters. The maximum atomic E-state index is 12.0. The molecule has 0 radical (unpaired) electrons. The number of carbonyl (C=O) groups excluding carboxylic acids is 1. The van der Waals surface area contributed by atoms with Crippen LogP contribution in [0.4, 0.5) is 0 Å². The summed E-state index contributed by atoms with van der Waals surface area (Å²) < 4.78 is 11.2. The molecule has 0 spiro atoms. The van der Waals surface area contributed by atoms with Crippen LogP contribution in [0.25, 0.3) is 0 Å². The number of ether oxygens (including phenoxy) is 2. The highest BCUT2D eigenvalue weighted by Crippen LogP contribution is 2.27. The molecule has 0 atom stereocenters. The molecule has 7 heteroatoms. The molecule has 0 saturated heterocycles. The van der Waals surface area contributed by atoms with Gasteiger partial charge in [0.15, 0.2) is 11.5 Å². The molecular formula is C16H16BrN3O3. The minimum Gasteiger partial charge on any atom is -0.493 e. The molecule has 1 aromatic carbocycles. The second-order valence-electron chi connectivity index (χ2n) is 4.60. The first-order valence-corrected chi connectivity index (χ1v) is 7.52. The summed E-state index contributed by atoms with van der Waals surface area (Å²) >= 11 is 3.27. The Morgan fingerprint density at radius 2 is 1.87 bits per heavy atom. The number of halogens is 1. The van der Waals surface area contributed by atoms with Crippen molar-refractivity contribution >= 4 is 27.5 Å². The standard InChI is InChI=1S/C16H16BrN3O3/c1-10(11-4-5-14(22-2)15(7-11)23-3)19-20-16(21)12-6-13(17)9-18-8-12/h4-9H,1-3H3,(H,20,21). The summed E-state index contributed by atoms with van der Waals surface area (Å²) in [5.74, 6) is 0.897. The molecule has 1 N–H and O–H groups in total. The first kappa shape index (κ1) is 17.0. The number of rotatable bonds is 5. The minimum absolute atomic E-state index is 0.335. The van der Waals surface area contributed by atoms with E-state index in [9.17, 15) is 4.79 Å². The average Bonchev–Trinajstić information content (AvgIpc) is 2.58. The third kappa shape index (κ3) is 4.29. The zero-order valence-electron chi connectivity index (χ0n) is 13.0. The Morgan fingerprint density at radius 3 is 2.52 bits per heavy atom. The Kier molecular flexibility index (Phi) is 5.70. The molecule has 0 aliphatic heterocycles. The first-order chi connectivity index (χ1) is 11.0. The smallest absolute Gasteiger partial charge is 0.272 e. The number of hydrogen-bond donors (Lipinski definition) is 1. The summed E-state index contributed by atoms with van der Waals surface area (Å²) in [6.45, 7) is 1.79. The van der Waals surface area contributed by atoms with Crippen LogP contribution in [-0.2, 0) is 0 Å². The maximum absolute atomic E-state index is 12.0. The Hall–Kier alpha value is -2.41. The van der Waals surface area contributed by atoms with Gasteiger partial charge >= 0.3 is 0 Å². The molecule has 6 nitrogen and oxygen atoms in total. The van der Waals surface area contributed by atoms with Gasteiger partial charge < -0.3 is 9.47 Å². The van der Waals surface area contributed by atoms with Crippen LogP contribution >= 0.6 is 15.9 Å². The molecule has 1 amide bonds. The van der Waals surface area contributed by atoms with Crippen molar-refractivity contribution in [2.45, 2.75) is 6.92 Å². The highest BCUT2D eigenvalue weighted by atomic mass is 79.9. The summed E-state index contributed by atoms with van der Waals surface area (Å²) in [5, 5.41) is 4.11. The molecule has 120 valence electrons. The second kappa shape index (κ2) is 7.73. The third-order valence-electron chi connectivity index (χ3n) is 3.09. The minimum atomic E-state index is -0.335. The van der Waals surface area contributed by atoms with E-state index in [0.29, 0.717) is 22.8 Å². The fourth-order valence-electron chi connectivity index (χ4n) is 1.86. The van der Waals surface area contributed by atoms with Crippen molar-refractivity contribution in [1.29, 1.82) is 0 Å². The predicted molar refractivity (Wildman–Crippen MR) is 91.2 cm³/mol. The summed E-state index contributed by atoms with van der Waals surface area (Å²) in [6, 6.07) is 7.09. The number of pyridine rings is 1. The van der Waals surface area contributed by atoms with Gasteiger partial charge in [-0.3, -0.25) is 9.78 Å². The van der Waals surface area contributed by atoms with E-state index < -0.39 is 0 Å². The number of nitrogens with zero attached hydrogens (tertiary/aromatic N) is 2. The van der Waals surface area contributed by atoms with Crippen molar-refractivity contribution in [2.24, 2.45) is 5.10 Å². The summed E-state index contributed by atoms with van der Waals surface area (Å²) in [6.07, 6.45) is 3.08. The van der Waals surface area contributed by atoms with Crippen molar-refractivity contribution in [3.63, 3.8) is 0 Å². The molecule has 0 aliphatic rings. The molecular weight excluding hydrogens is 362 g/mol. The van der Waals surface area contributed by atoms with Gasteiger partial charge in [-0.25, -0.2) is 5.43 Å². The van der Waals surface area contributed by atoms with Crippen LogP contribution in [0.15, 0.2) is 46.2 Å². The van der Waals surface area contributed by atoms with Gasteiger partial charge in [0.05, 0.1) is 25.5 Å². The number of aromatic nitrogens is 1. The summed E-state index contributed by atoms with van der Waals surface area (Å²) in [4.78, 5) is 16.0. The molecule has 23 heavy (non-hydrogen) atoms. The van der Waals surface area contributed by atoms with E-state index in [-0.39, 0.29) is 5.91 Å². The van der Waals surface area contributed by atoms with Gasteiger partial charge in [-0.1, -0.05) is 0 Å². The summed E-state index contributed by atoms with van der Waals surface area (Å²) in [7, 11) is 3.14. The van der Waals surface area contributed by atoms with Crippen molar-refractivity contribution in [2.75, 3.05) is 14.2 Å². The van der Waals surface area contributed by atoms with Crippen LogP contribution in [0.3, 0.4) is 0 Å². The van der Waals surface area contributed by atoms with E-state index in [1.54, 1.807) is 45.5 Å². The number of benzene rings is 1. The predicted octanol–water partition coefficient (Wildman–Crippen LogP) is 3.02. The van der Waals surface area contributed by atoms with E-state index in [1.165, 1.54) is 6.20 Å². The number of amides is 1. The molecule has 0 bridgehead atoms. The lowest BCUT2D eigenvalue weighted by Gasteiger charge is -2.09. The molecule has 0 aliphatic carbocycles. The lowest BCUT2D eigenvalue weighted by molar-refractivity contribution is 0.0954. The van der Waals surface area contributed by atoms with Gasteiger partial charge in [-0.05, 0) is 47.1 Å². The van der Waals surface area contributed by atoms with E-state index >= 15 is 0 Å². The van der Waals surface area contributed by atoms with Crippen LogP contribution in [0, 0.1) is 0 Å². The highest BCUT2D eigenvalue weighted by Gasteiger charge is 2.08. The van der Waals surface area contributed by atoms with Crippen LogP contribution in [-0.4, -0.2) is 30.8 Å². The molecule has 1 heterocycles. The molecule has 2 aromatic rings. The van der Waals surface area contributed by atoms with Crippen LogP contribution in [0.2, 0.25) is 0 Å². The quantitative estimate of drug-likeness (QED) is 0.641. The Bertz CT molecular complexity index is 747. The van der Waals surface area contributed by atoms with Crippen molar-refractivity contribution < 1.29 is 14.3 Å². The fourth-order valence-corrected chi connectivity index (χ4v) is 2.23. The van der Waals surface area contributed by atoms with Crippen LogP contribution < -0.4 is 14.9 Å². The molecule has 1 aromatic heterocycles. The number of methoxy groups -OCH3 is 2. The maximum Gasteiger partial charge on any atom is 0.272 e. The third-order valence-corrected chi connectivity index (χ3v) is 3.53. The molecule has 0 saturated carbocycles. The van der Waals surface area contributed by atoms with Gasteiger partial charge in [0.2, 0.25) is 0 Å². The van der Waals surface area contributed by atoms with Crippen molar-refractivity contribution in [1.82, 2.24) is 10.4 Å². The zero-order chi connectivity index (χ0) is 16.8.